The molecular weight excluding hydrogens is 744 g/mol. The van der Waals surface area contributed by atoms with E-state index < -0.39 is 118 Å². The zero-order chi connectivity index (χ0) is 40.3. The summed E-state index contributed by atoms with van der Waals surface area (Å²) in [4.78, 5) is 13.5. The number of benzene rings is 2. The first-order chi connectivity index (χ1) is 26.1. The highest BCUT2D eigenvalue weighted by atomic mass is 16.7. The molecule has 15 atom stereocenters. The largest absolute Gasteiger partial charge is 0.493 e. The third kappa shape index (κ3) is 9.06. The Labute approximate surface area is 312 Å². The number of carbonyl (C=O) groups excluding carboxylic acids is 1. The average Bonchev–Trinajstić information content (AvgIpc) is 3.18. The van der Waals surface area contributed by atoms with Gasteiger partial charge in [0, 0.05) is 0 Å². The summed E-state index contributed by atoms with van der Waals surface area (Å²) in [7, 11) is 2.44. The number of hydrogen-bond donors (Lipinski definition) is 11. The molecule has 0 saturated carbocycles. The molecular formula is C34H46O21. The van der Waals surface area contributed by atoms with Gasteiger partial charge in [-0.05, 0) is 36.8 Å². The van der Waals surface area contributed by atoms with Crippen LogP contribution in [0.2, 0.25) is 0 Å². The molecule has 308 valence electrons. The van der Waals surface area contributed by atoms with Gasteiger partial charge in [0.25, 0.3) is 0 Å². The number of hydrogen-bond acceptors (Lipinski definition) is 21. The van der Waals surface area contributed by atoms with Crippen LogP contribution >= 0.6 is 0 Å². The summed E-state index contributed by atoms with van der Waals surface area (Å²) in [6.07, 6.45) is -24.7. The van der Waals surface area contributed by atoms with Crippen LogP contribution in [-0.2, 0) is 18.9 Å². The van der Waals surface area contributed by atoms with Crippen LogP contribution in [0.5, 0.6) is 28.7 Å². The molecule has 0 aromatic heterocycles. The van der Waals surface area contributed by atoms with Gasteiger partial charge in [-0.1, -0.05) is 6.07 Å². The van der Waals surface area contributed by atoms with E-state index in [2.05, 4.69) is 0 Å². The van der Waals surface area contributed by atoms with Crippen molar-refractivity contribution in [3.63, 3.8) is 0 Å². The Balaban J connectivity index is 1.32. The van der Waals surface area contributed by atoms with Crippen molar-refractivity contribution in [1.29, 1.82) is 0 Å². The molecule has 21 heteroatoms. The first kappa shape index (κ1) is 42.6. The van der Waals surface area contributed by atoms with Crippen LogP contribution in [0.25, 0.3) is 0 Å². The topological polar surface area (TPSA) is 323 Å². The molecule has 0 bridgehead atoms. The summed E-state index contributed by atoms with van der Waals surface area (Å²) in [5.74, 6) is -1.78. The Morgan fingerprint density at radius 1 is 0.582 bits per heavy atom. The fourth-order valence-corrected chi connectivity index (χ4v) is 6.02. The molecule has 0 unspecified atom stereocenters. The van der Waals surface area contributed by atoms with E-state index in [9.17, 15) is 61.0 Å². The summed E-state index contributed by atoms with van der Waals surface area (Å²) < 4.78 is 49.9. The van der Waals surface area contributed by atoms with Crippen molar-refractivity contribution < 1.29 is 104 Å². The Kier molecular flexibility index (Phi) is 14.1. The van der Waals surface area contributed by atoms with Crippen molar-refractivity contribution >= 4 is 5.97 Å². The van der Waals surface area contributed by atoms with E-state index in [0.717, 1.165) is 0 Å². The van der Waals surface area contributed by atoms with Crippen LogP contribution in [0.15, 0.2) is 30.3 Å². The predicted molar refractivity (Wildman–Crippen MR) is 177 cm³/mol. The van der Waals surface area contributed by atoms with Crippen LogP contribution in [0.1, 0.15) is 15.9 Å². The average molecular weight is 791 g/mol. The maximum Gasteiger partial charge on any atom is 0.343 e. The molecule has 3 aliphatic rings. The van der Waals surface area contributed by atoms with E-state index >= 15 is 0 Å². The molecule has 3 heterocycles. The van der Waals surface area contributed by atoms with Gasteiger partial charge >= 0.3 is 5.97 Å². The van der Waals surface area contributed by atoms with Gasteiger partial charge in [0.2, 0.25) is 18.3 Å². The van der Waals surface area contributed by atoms with Crippen molar-refractivity contribution in [2.24, 2.45) is 0 Å². The van der Waals surface area contributed by atoms with Gasteiger partial charge in [-0.2, -0.15) is 0 Å². The van der Waals surface area contributed by atoms with Crippen LogP contribution in [0, 0.1) is 6.92 Å². The van der Waals surface area contributed by atoms with E-state index in [-0.39, 0.29) is 34.3 Å². The van der Waals surface area contributed by atoms with Crippen LogP contribution in [0.3, 0.4) is 0 Å². The molecule has 2 aromatic rings. The molecule has 0 aliphatic carbocycles. The number of methoxy groups -OCH3 is 2. The van der Waals surface area contributed by atoms with Gasteiger partial charge in [-0.3, -0.25) is 0 Å². The van der Waals surface area contributed by atoms with Gasteiger partial charge < -0.3 is 98.8 Å². The summed E-state index contributed by atoms with van der Waals surface area (Å²) in [5, 5.41) is 112. The van der Waals surface area contributed by atoms with Crippen molar-refractivity contribution in [3.8, 4) is 28.7 Å². The highest BCUT2D eigenvalue weighted by Crippen LogP contribution is 2.41. The van der Waals surface area contributed by atoms with E-state index in [0.29, 0.717) is 5.56 Å². The zero-order valence-electron chi connectivity index (χ0n) is 29.7. The lowest BCUT2D eigenvalue weighted by molar-refractivity contribution is -0.323. The quantitative estimate of drug-likeness (QED) is 0.0672. The third-order valence-corrected chi connectivity index (χ3v) is 9.27. The van der Waals surface area contributed by atoms with Gasteiger partial charge in [0.15, 0.2) is 29.3 Å². The van der Waals surface area contributed by atoms with E-state index in [1.54, 1.807) is 13.0 Å². The number of esters is 1. The molecule has 2 aromatic carbocycles. The Morgan fingerprint density at radius 2 is 1.05 bits per heavy atom. The first-order valence-electron chi connectivity index (χ1n) is 17.0. The number of rotatable bonds is 13. The standard InChI is InChI=1S/C34H46O21/c1-12-4-5-14(51-33-28(44)25(41)22(38)19(10-36)53-33)15(6-12)50-31(46)13-7-16(47-2)30(17(8-13)48-3)55-34-29(45)26(42)23(39)20(54-34)11-49-32-27(43)24(40)21(37)18(9-35)52-32/h4-8,18-29,32-45H,9-11H2,1-3H3/t18-,19-,20-,21-,22-,23-,24+,25+,26+,27-,28-,29-,32+,33+,34-/m1/s1. The van der Waals surface area contributed by atoms with E-state index in [1.165, 1.54) is 38.5 Å². The molecule has 3 aliphatic heterocycles. The monoisotopic (exact) mass is 790 g/mol. The summed E-state index contributed by atoms with van der Waals surface area (Å²) in [5.41, 5.74) is 0.464. The second-order valence-corrected chi connectivity index (χ2v) is 13.0. The molecule has 0 spiro atoms. The molecule has 3 fully saturated rings. The number of aliphatic hydroxyl groups is 11. The Morgan fingerprint density at radius 3 is 1.58 bits per heavy atom. The Hall–Kier alpha value is -3.49. The van der Waals surface area contributed by atoms with E-state index in [1.807, 2.05) is 0 Å². The van der Waals surface area contributed by atoms with Crippen molar-refractivity contribution in [1.82, 2.24) is 0 Å². The number of aliphatic hydroxyl groups excluding tert-OH is 11. The van der Waals surface area contributed by atoms with Crippen molar-refractivity contribution in [2.75, 3.05) is 34.0 Å². The SMILES string of the molecule is COc1cc(C(=O)Oc2cc(C)ccc2O[C@H]2O[C@H](CO)[C@@H](O)[C@H](O)[C@H]2O)cc(OC)c1O[C@H]1O[C@H](CO[C@H]2O[C@H](CO)[C@@H](O)[C@H](O)[C@H]2O)[C@@H](O)[C@H](O)[C@H]1O. The highest BCUT2D eigenvalue weighted by Gasteiger charge is 2.49. The Bertz CT molecular complexity index is 1560. The maximum absolute atomic E-state index is 13.5. The van der Waals surface area contributed by atoms with Crippen molar-refractivity contribution in [3.05, 3.63) is 41.5 Å². The van der Waals surface area contributed by atoms with Gasteiger partial charge in [0.05, 0.1) is 39.6 Å². The summed E-state index contributed by atoms with van der Waals surface area (Å²) >= 11 is 0. The normalized spacial score (nSPS) is 36.5. The molecule has 11 N–H and O–H groups in total. The van der Waals surface area contributed by atoms with Crippen molar-refractivity contribution in [2.45, 2.75) is 99.0 Å². The number of aryl methyl sites for hydroxylation is 1. The van der Waals surface area contributed by atoms with Crippen LogP contribution in [0.4, 0.5) is 0 Å². The van der Waals surface area contributed by atoms with Crippen LogP contribution < -0.4 is 23.7 Å². The molecule has 5 rings (SSSR count). The third-order valence-electron chi connectivity index (χ3n) is 9.27. The lowest BCUT2D eigenvalue weighted by Crippen LogP contribution is -2.62. The highest BCUT2D eigenvalue weighted by molar-refractivity contribution is 5.93. The lowest BCUT2D eigenvalue weighted by atomic mass is 9.98. The van der Waals surface area contributed by atoms with Gasteiger partial charge in [-0.15, -0.1) is 0 Å². The minimum atomic E-state index is -1.87. The first-order valence-corrected chi connectivity index (χ1v) is 17.0. The lowest BCUT2D eigenvalue weighted by Gasteiger charge is -2.42. The minimum absolute atomic E-state index is 0.114. The minimum Gasteiger partial charge on any atom is -0.493 e. The van der Waals surface area contributed by atoms with Gasteiger partial charge in [0.1, 0.15) is 73.2 Å². The molecule has 55 heavy (non-hydrogen) atoms. The number of carbonyl (C=O) groups is 1. The van der Waals surface area contributed by atoms with Gasteiger partial charge in [-0.25, -0.2) is 4.79 Å². The smallest absolute Gasteiger partial charge is 0.343 e. The zero-order valence-corrected chi connectivity index (χ0v) is 29.7. The predicted octanol–water partition coefficient (Wildman–Crippen LogP) is -4.59. The van der Waals surface area contributed by atoms with Crippen LogP contribution in [-0.4, -0.2) is 188 Å². The maximum atomic E-state index is 13.5. The summed E-state index contributed by atoms with van der Waals surface area (Å²) in [6, 6.07) is 6.81. The molecule has 3 saturated heterocycles. The second-order valence-electron chi connectivity index (χ2n) is 13.0. The molecule has 21 nitrogen and oxygen atoms in total. The molecule has 0 amide bonds. The summed E-state index contributed by atoms with van der Waals surface area (Å²) in [6.45, 7) is -0.343. The fourth-order valence-electron chi connectivity index (χ4n) is 6.02. The molecule has 0 radical (unpaired) electrons. The second kappa shape index (κ2) is 18.2. The number of ether oxygens (including phenoxy) is 9. The fraction of sp³-hybridized carbons (Fsp3) is 0.618. The van der Waals surface area contributed by atoms with E-state index in [4.69, 9.17) is 42.6 Å².